The van der Waals surface area contributed by atoms with Gasteiger partial charge in [0.15, 0.2) is 11.3 Å². The van der Waals surface area contributed by atoms with E-state index in [1.54, 1.807) is 29.7 Å². The number of aromatic nitrogens is 2. The first-order valence-corrected chi connectivity index (χ1v) is 6.98. The predicted octanol–water partition coefficient (Wildman–Crippen LogP) is 3.31. The number of fused-ring (bicyclic) bond motifs is 1. The van der Waals surface area contributed by atoms with Gasteiger partial charge in [0.2, 0.25) is 0 Å². The molecule has 0 saturated heterocycles. The molecule has 0 bridgehead atoms. The summed E-state index contributed by atoms with van der Waals surface area (Å²) in [5.41, 5.74) is 3.71. The lowest BCUT2D eigenvalue weighted by Gasteiger charge is -2.12. The van der Waals surface area contributed by atoms with Gasteiger partial charge in [0, 0.05) is 18.8 Å². The van der Waals surface area contributed by atoms with Crippen LogP contribution in [0.5, 0.6) is 0 Å². The molecule has 1 N–H and O–H groups in total. The van der Waals surface area contributed by atoms with Crippen LogP contribution in [0.3, 0.4) is 0 Å². The average Bonchev–Trinajstić information content (AvgIpc) is 2.96. The van der Waals surface area contributed by atoms with Crippen molar-refractivity contribution in [3.05, 3.63) is 61.1 Å². The van der Waals surface area contributed by atoms with E-state index < -0.39 is 5.97 Å². The van der Waals surface area contributed by atoms with Gasteiger partial charge in [-0.05, 0) is 18.6 Å². The molecule has 5 nitrogen and oxygen atoms in total. The van der Waals surface area contributed by atoms with Crippen molar-refractivity contribution in [1.29, 1.82) is 0 Å². The van der Waals surface area contributed by atoms with Crippen molar-refractivity contribution < 1.29 is 9.53 Å². The summed E-state index contributed by atoms with van der Waals surface area (Å²) in [4.78, 5) is 16.3. The fourth-order valence-electron chi connectivity index (χ4n) is 2.29. The number of hydrogen-bond donors (Lipinski definition) is 1. The number of rotatable bonds is 6. The van der Waals surface area contributed by atoms with Crippen LogP contribution in [0.1, 0.15) is 23.0 Å². The summed E-state index contributed by atoms with van der Waals surface area (Å²) in [7, 11) is 1.81. The summed E-state index contributed by atoms with van der Waals surface area (Å²) in [6.07, 6.45) is 8.64. The lowest BCUT2D eigenvalue weighted by Crippen LogP contribution is -2.08. The summed E-state index contributed by atoms with van der Waals surface area (Å²) in [6.45, 7) is 9.63. The van der Waals surface area contributed by atoms with E-state index in [9.17, 15) is 4.79 Å². The van der Waals surface area contributed by atoms with Crippen LogP contribution in [-0.2, 0) is 4.74 Å². The van der Waals surface area contributed by atoms with Gasteiger partial charge in [0.1, 0.15) is 0 Å². The molecule has 0 saturated carbocycles. The number of allylic oxidation sites excluding steroid dienone is 4. The molecule has 0 spiro atoms. The normalized spacial score (nSPS) is 11.3. The molecule has 0 fully saturated rings. The average molecular weight is 297 g/mol. The minimum absolute atomic E-state index is 0.325. The zero-order valence-corrected chi connectivity index (χ0v) is 12.8. The first kappa shape index (κ1) is 15.6. The van der Waals surface area contributed by atoms with Gasteiger partial charge in [-0.25, -0.2) is 9.78 Å². The highest BCUT2D eigenvalue weighted by atomic mass is 16.5. The molecule has 0 aliphatic rings. The van der Waals surface area contributed by atoms with E-state index in [1.807, 2.05) is 19.2 Å². The molecule has 2 rings (SSSR count). The first-order valence-electron chi connectivity index (χ1n) is 6.98. The molecule has 0 radical (unpaired) electrons. The van der Waals surface area contributed by atoms with Crippen LogP contribution in [0, 0.1) is 0 Å². The van der Waals surface area contributed by atoms with Gasteiger partial charge in [-0.15, -0.1) is 0 Å². The second kappa shape index (κ2) is 6.76. The largest absolute Gasteiger partial charge is 0.461 e. The standard InChI is InChI=1S/C17H19N3O2/c1-5-8-12(6-2)13-9-10-20-14(17(21)22-7-3)11-19-16(20)15(13)18-4/h5-6,8-11,18H,1-2,7H2,3-4H3/b12-8+. The Morgan fingerprint density at radius 2 is 2.27 bits per heavy atom. The van der Waals surface area contributed by atoms with Crippen molar-refractivity contribution in [1.82, 2.24) is 9.38 Å². The van der Waals surface area contributed by atoms with Crippen LogP contribution >= 0.6 is 0 Å². The smallest absolute Gasteiger partial charge is 0.356 e. The predicted molar refractivity (Wildman–Crippen MR) is 89.1 cm³/mol. The molecule has 0 aromatic carbocycles. The number of esters is 1. The highest BCUT2D eigenvalue weighted by Gasteiger charge is 2.17. The van der Waals surface area contributed by atoms with Gasteiger partial charge < -0.3 is 10.1 Å². The zero-order chi connectivity index (χ0) is 16.1. The molecule has 2 heterocycles. The summed E-state index contributed by atoms with van der Waals surface area (Å²) >= 11 is 0. The Bertz CT molecular complexity index is 757. The van der Waals surface area contributed by atoms with E-state index >= 15 is 0 Å². The molecule has 2 aromatic heterocycles. The Kier molecular flexibility index (Phi) is 4.78. The molecular formula is C17H19N3O2. The van der Waals surface area contributed by atoms with Crippen LogP contribution < -0.4 is 5.32 Å². The topological polar surface area (TPSA) is 55.6 Å². The van der Waals surface area contributed by atoms with Crippen molar-refractivity contribution in [2.75, 3.05) is 19.0 Å². The molecular weight excluding hydrogens is 278 g/mol. The maximum absolute atomic E-state index is 12.0. The number of carbonyl (C=O) groups is 1. The van der Waals surface area contributed by atoms with E-state index in [0.717, 1.165) is 16.8 Å². The molecule has 22 heavy (non-hydrogen) atoms. The summed E-state index contributed by atoms with van der Waals surface area (Å²) in [5.74, 6) is -0.393. The monoisotopic (exact) mass is 297 g/mol. The fraction of sp³-hybridized carbons (Fsp3) is 0.176. The third kappa shape index (κ3) is 2.65. The van der Waals surface area contributed by atoms with Gasteiger partial charge in [-0.1, -0.05) is 31.4 Å². The van der Waals surface area contributed by atoms with Crippen LogP contribution in [0.4, 0.5) is 5.69 Å². The number of nitrogens with one attached hydrogen (secondary N) is 1. The van der Waals surface area contributed by atoms with Crippen LogP contribution in [0.15, 0.2) is 49.8 Å². The van der Waals surface area contributed by atoms with Gasteiger partial charge in [0.25, 0.3) is 0 Å². The zero-order valence-electron chi connectivity index (χ0n) is 12.8. The van der Waals surface area contributed by atoms with Gasteiger partial charge in [0.05, 0.1) is 18.5 Å². The lowest BCUT2D eigenvalue weighted by molar-refractivity contribution is 0.0518. The summed E-state index contributed by atoms with van der Waals surface area (Å²) in [5, 5.41) is 3.14. The number of anilines is 1. The van der Waals surface area contributed by atoms with Crippen molar-refractivity contribution in [2.24, 2.45) is 0 Å². The molecule has 0 amide bonds. The van der Waals surface area contributed by atoms with E-state index in [0.29, 0.717) is 17.9 Å². The highest BCUT2D eigenvalue weighted by Crippen LogP contribution is 2.29. The second-order valence-corrected chi connectivity index (χ2v) is 4.47. The SMILES string of the molecule is C=C/C=C(\C=C)c1ccn2c(C(=O)OCC)cnc2c1NC. The number of hydrogen-bond acceptors (Lipinski definition) is 4. The van der Waals surface area contributed by atoms with Crippen LogP contribution in [-0.4, -0.2) is 29.0 Å². The fourth-order valence-corrected chi connectivity index (χ4v) is 2.29. The van der Waals surface area contributed by atoms with Crippen molar-refractivity contribution >= 4 is 22.9 Å². The third-order valence-corrected chi connectivity index (χ3v) is 3.24. The Hall–Kier alpha value is -2.82. The molecule has 114 valence electrons. The van der Waals surface area contributed by atoms with Gasteiger partial charge in [-0.3, -0.25) is 4.40 Å². The second-order valence-electron chi connectivity index (χ2n) is 4.47. The summed E-state index contributed by atoms with van der Waals surface area (Å²) < 4.78 is 6.75. The number of pyridine rings is 1. The highest BCUT2D eigenvalue weighted by molar-refractivity contribution is 5.92. The quantitative estimate of drug-likeness (QED) is 0.656. The number of nitrogens with zero attached hydrogens (tertiary/aromatic N) is 2. The van der Waals surface area contributed by atoms with Gasteiger partial charge >= 0.3 is 5.97 Å². The number of carbonyl (C=O) groups excluding carboxylic acids is 1. The minimum atomic E-state index is -0.393. The van der Waals surface area contributed by atoms with Crippen molar-refractivity contribution in [2.45, 2.75) is 6.92 Å². The van der Waals surface area contributed by atoms with E-state index in [1.165, 1.54) is 6.20 Å². The Morgan fingerprint density at radius 3 is 2.86 bits per heavy atom. The Morgan fingerprint density at radius 1 is 1.50 bits per heavy atom. The number of imidazole rings is 1. The molecule has 2 aromatic rings. The van der Waals surface area contributed by atoms with E-state index in [2.05, 4.69) is 23.5 Å². The third-order valence-electron chi connectivity index (χ3n) is 3.24. The maximum Gasteiger partial charge on any atom is 0.356 e. The lowest BCUT2D eigenvalue weighted by atomic mass is 10.0. The molecule has 0 aliphatic heterocycles. The molecule has 5 heteroatoms. The van der Waals surface area contributed by atoms with Gasteiger partial charge in [-0.2, -0.15) is 0 Å². The van der Waals surface area contributed by atoms with Crippen molar-refractivity contribution in [3.8, 4) is 0 Å². The van der Waals surface area contributed by atoms with Crippen molar-refractivity contribution in [3.63, 3.8) is 0 Å². The molecule has 0 aliphatic carbocycles. The number of ether oxygens (including phenoxy) is 1. The maximum atomic E-state index is 12.0. The summed E-state index contributed by atoms with van der Waals surface area (Å²) in [6, 6.07) is 1.90. The Labute approximate surface area is 129 Å². The Balaban J connectivity index is 2.65. The molecule has 0 unspecified atom stereocenters. The van der Waals surface area contributed by atoms with Crippen LogP contribution in [0.25, 0.3) is 11.2 Å². The minimum Gasteiger partial charge on any atom is -0.461 e. The first-order chi connectivity index (χ1) is 10.7. The van der Waals surface area contributed by atoms with E-state index in [4.69, 9.17) is 4.74 Å². The van der Waals surface area contributed by atoms with Crippen LogP contribution in [0.2, 0.25) is 0 Å². The molecule has 0 atom stereocenters. The van der Waals surface area contributed by atoms with E-state index in [-0.39, 0.29) is 0 Å².